The molecule has 0 spiro atoms. The average molecular weight is 379 g/mol. The van der Waals surface area contributed by atoms with Crippen LogP contribution in [-0.2, 0) is 17.3 Å². The van der Waals surface area contributed by atoms with E-state index in [4.69, 9.17) is 4.74 Å². The van der Waals surface area contributed by atoms with Crippen LogP contribution in [0.5, 0.6) is 0 Å². The lowest BCUT2D eigenvalue weighted by Crippen LogP contribution is -2.46. The van der Waals surface area contributed by atoms with E-state index in [9.17, 15) is 18.0 Å². The first-order valence-corrected chi connectivity index (χ1v) is 9.02. The number of aromatic amines is 1. The molecule has 1 aliphatic heterocycles. The summed E-state index contributed by atoms with van der Waals surface area (Å²) in [6, 6.07) is 7.04. The molecule has 1 amide bonds. The number of benzene rings is 1. The Labute approximate surface area is 154 Å². The van der Waals surface area contributed by atoms with Crippen LogP contribution in [0.3, 0.4) is 0 Å². The second-order valence-electron chi connectivity index (χ2n) is 7.13. The second-order valence-corrected chi connectivity index (χ2v) is 7.13. The van der Waals surface area contributed by atoms with Crippen molar-refractivity contribution in [3.05, 3.63) is 52.8 Å². The molecule has 0 unspecified atom stereocenters. The molecular weight excluding hydrogens is 359 g/mol. The van der Waals surface area contributed by atoms with Crippen molar-refractivity contribution < 1.29 is 22.7 Å². The van der Waals surface area contributed by atoms with Gasteiger partial charge in [-0.25, -0.2) is 0 Å². The minimum atomic E-state index is -4.37. The smallest absolute Gasteiger partial charge is 0.374 e. The van der Waals surface area contributed by atoms with Crippen molar-refractivity contribution in [2.75, 3.05) is 19.7 Å². The number of amides is 1. The van der Waals surface area contributed by atoms with E-state index in [1.807, 2.05) is 0 Å². The number of nitrogens with zero attached hydrogens (tertiary/aromatic N) is 2. The molecule has 2 fully saturated rings. The summed E-state index contributed by atoms with van der Waals surface area (Å²) in [6.07, 6.45) is -2.15. The Morgan fingerprint density at radius 1 is 1.30 bits per heavy atom. The van der Waals surface area contributed by atoms with Crippen molar-refractivity contribution in [3.63, 3.8) is 0 Å². The van der Waals surface area contributed by atoms with Crippen molar-refractivity contribution in [1.82, 2.24) is 15.1 Å². The molecule has 4 rings (SSSR count). The van der Waals surface area contributed by atoms with Gasteiger partial charge in [0, 0.05) is 31.1 Å². The third-order valence-electron chi connectivity index (χ3n) is 4.98. The highest BCUT2D eigenvalue weighted by Crippen LogP contribution is 2.39. The fourth-order valence-electron chi connectivity index (χ4n) is 3.38. The Balaban J connectivity index is 1.41. The van der Waals surface area contributed by atoms with Gasteiger partial charge in [-0.2, -0.15) is 18.3 Å². The summed E-state index contributed by atoms with van der Waals surface area (Å²) in [7, 11) is 0. The van der Waals surface area contributed by atoms with Gasteiger partial charge in [0.2, 0.25) is 0 Å². The van der Waals surface area contributed by atoms with Crippen LogP contribution < -0.4 is 0 Å². The standard InChI is InChI=1S/C19H20F3N3O2/c20-19(21,22)14-3-1-2-12(8-14)9-15-11-25(6-7-27-15)18(26)17-10-16(23-24-17)13-4-5-13/h1-3,8,10,13,15H,4-7,9,11H2,(H,23,24)/t15-/m0/s1. The van der Waals surface area contributed by atoms with Gasteiger partial charge in [-0.3, -0.25) is 9.89 Å². The highest BCUT2D eigenvalue weighted by molar-refractivity contribution is 5.92. The number of ether oxygens (including phenoxy) is 1. The quantitative estimate of drug-likeness (QED) is 0.886. The Morgan fingerprint density at radius 2 is 2.11 bits per heavy atom. The van der Waals surface area contributed by atoms with E-state index in [1.54, 1.807) is 17.0 Å². The molecule has 1 aliphatic carbocycles. The minimum Gasteiger partial charge on any atom is -0.374 e. The molecule has 2 aliphatic rings. The van der Waals surface area contributed by atoms with Crippen LogP contribution in [0.25, 0.3) is 0 Å². The summed E-state index contributed by atoms with van der Waals surface area (Å²) in [5.74, 6) is 0.313. The van der Waals surface area contributed by atoms with E-state index in [-0.39, 0.29) is 12.0 Å². The molecular formula is C19H20F3N3O2. The minimum absolute atomic E-state index is 0.171. The van der Waals surface area contributed by atoms with E-state index in [2.05, 4.69) is 10.2 Å². The zero-order chi connectivity index (χ0) is 19.0. The van der Waals surface area contributed by atoms with Gasteiger partial charge in [0.25, 0.3) is 5.91 Å². The van der Waals surface area contributed by atoms with E-state index in [1.165, 1.54) is 6.07 Å². The Morgan fingerprint density at radius 3 is 2.85 bits per heavy atom. The molecule has 1 aromatic heterocycles. The Hall–Kier alpha value is -2.35. The molecule has 1 aromatic carbocycles. The number of halogens is 3. The van der Waals surface area contributed by atoms with Gasteiger partial charge in [-0.1, -0.05) is 18.2 Å². The number of morpholine rings is 1. The first-order chi connectivity index (χ1) is 12.9. The third kappa shape index (κ3) is 4.16. The normalized spacial score (nSPS) is 20.7. The van der Waals surface area contributed by atoms with Crippen LogP contribution >= 0.6 is 0 Å². The largest absolute Gasteiger partial charge is 0.416 e. The van der Waals surface area contributed by atoms with E-state index in [0.717, 1.165) is 30.7 Å². The van der Waals surface area contributed by atoms with Crippen molar-refractivity contribution in [2.45, 2.75) is 37.5 Å². The van der Waals surface area contributed by atoms with E-state index < -0.39 is 11.7 Å². The first kappa shape index (κ1) is 18.0. The molecule has 1 saturated heterocycles. The van der Waals surface area contributed by atoms with Gasteiger partial charge >= 0.3 is 6.18 Å². The fraction of sp³-hybridized carbons (Fsp3) is 0.474. The number of hydrogen-bond donors (Lipinski definition) is 1. The monoisotopic (exact) mass is 379 g/mol. The predicted molar refractivity (Wildman–Crippen MR) is 91.4 cm³/mol. The number of H-pyrrole nitrogens is 1. The lowest BCUT2D eigenvalue weighted by Gasteiger charge is -2.32. The molecule has 0 bridgehead atoms. The number of nitrogens with one attached hydrogen (secondary N) is 1. The molecule has 1 N–H and O–H groups in total. The van der Waals surface area contributed by atoms with Crippen LogP contribution in [0.4, 0.5) is 13.2 Å². The summed E-state index contributed by atoms with van der Waals surface area (Å²) >= 11 is 0. The topological polar surface area (TPSA) is 58.2 Å². The van der Waals surface area contributed by atoms with Crippen molar-refractivity contribution >= 4 is 5.91 Å². The lowest BCUT2D eigenvalue weighted by atomic mass is 10.0. The van der Waals surface area contributed by atoms with Crippen LogP contribution in [0, 0.1) is 0 Å². The van der Waals surface area contributed by atoms with Crippen molar-refractivity contribution in [2.24, 2.45) is 0 Å². The molecule has 1 atom stereocenters. The molecule has 144 valence electrons. The van der Waals surface area contributed by atoms with Crippen molar-refractivity contribution in [1.29, 1.82) is 0 Å². The Bertz CT molecular complexity index is 830. The third-order valence-corrected chi connectivity index (χ3v) is 4.98. The van der Waals surface area contributed by atoms with Crippen LogP contribution in [0.1, 0.15) is 46.1 Å². The number of carbonyl (C=O) groups is 1. The lowest BCUT2D eigenvalue weighted by molar-refractivity contribution is -0.137. The van der Waals surface area contributed by atoms with Crippen LogP contribution in [0.2, 0.25) is 0 Å². The van der Waals surface area contributed by atoms with Gasteiger partial charge < -0.3 is 9.64 Å². The SMILES string of the molecule is O=C(c1cc(C2CC2)[nH]n1)N1CCO[C@@H](Cc2cccc(C(F)(F)F)c2)C1. The maximum Gasteiger partial charge on any atom is 0.416 e. The number of aromatic nitrogens is 2. The maximum absolute atomic E-state index is 12.9. The van der Waals surface area contributed by atoms with Crippen molar-refractivity contribution in [3.8, 4) is 0 Å². The van der Waals surface area contributed by atoms with Gasteiger partial charge in [-0.05, 0) is 30.5 Å². The first-order valence-electron chi connectivity index (χ1n) is 9.02. The number of alkyl halides is 3. The maximum atomic E-state index is 12.9. The van der Waals surface area contributed by atoms with Gasteiger partial charge in [0.05, 0.1) is 18.3 Å². The molecule has 8 heteroatoms. The molecule has 2 heterocycles. The average Bonchev–Trinajstić information content (AvgIpc) is 3.38. The summed E-state index contributed by atoms with van der Waals surface area (Å²) in [6.45, 7) is 1.14. The summed E-state index contributed by atoms with van der Waals surface area (Å²) in [4.78, 5) is 14.3. The highest BCUT2D eigenvalue weighted by Gasteiger charge is 2.32. The molecule has 27 heavy (non-hydrogen) atoms. The summed E-state index contributed by atoms with van der Waals surface area (Å²) in [5.41, 5.74) is 1.25. The van der Waals surface area contributed by atoms with Gasteiger partial charge in [0.1, 0.15) is 5.69 Å². The van der Waals surface area contributed by atoms with E-state index in [0.29, 0.717) is 43.3 Å². The summed E-state index contributed by atoms with van der Waals surface area (Å²) in [5, 5.41) is 7.04. The highest BCUT2D eigenvalue weighted by atomic mass is 19.4. The second kappa shape index (κ2) is 6.99. The predicted octanol–water partition coefficient (Wildman–Crippen LogP) is 3.39. The fourth-order valence-corrected chi connectivity index (χ4v) is 3.38. The zero-order valence-electron chi connectivity index (χ0n) is 14.6. The van der Waals surface area contributed by atoms with Gasteiger partial charge in [-0.15, -0.1) is 0 Å². The summed E-state index contributed by atoms with van der Waals surface area (Å²) < 4.78 is 44.3. The van der Waals surface area contributed by atoms with Crippen LogP contribution in [-0.4, -0.2) is 46.8 Å². The van der Waals surface area contributed by atoms with Crippen LogP contribution in [0.15, 0.2) is 30.3 Å². The molecule has 1 saturated carbocycles. The zero-order valence-corrected chi connectivity index (χ0v) is 14.6. The number of carbonyl (C=O) groups excluding carboxylic acids is 1. The van der Waals surface area contributed by atoms with Gasteiger partial charge in [0.15, 0.2) is 0 Å². The molecule has 2 aromatic rings. The Kier molecular flexibility index (Phi) is 4.67. The number of rotatable bonds is 4. The molecule has 0 radical (unpaired) electrons. The molecule has 5 nitrogen and oxygen atoms in total. The van der Waals surface area contributed by atoms with E-state index >= 15 is 0 Å². The number of hydrogen-bond acceptors (Lipinski definition) is 3.